The molecule has 1 aromatic heterocycles. The average Bonchev–Trinajstić information content (AvgIpc) is 3.49. The SMILES string of the molecule is COc1ccc([C@H]2CNC(=O)[C@H](Cc3nc4c(C#N)cccc4o3)C2)cc1O[C@@H]1CCOC1. The lowest BCUT2D eigenvalue weighted by Crippen LogP contribution is -2.41. The van der Waals surface area contributed by atoms with E-state index in [0.717, 1.165) is 12.0 Å². The van der Waals surface area contributed by atoms with Gasteiger partial charge in [-0.15, -0.1) is 0 Å². The lowest BCUT2D eigenvalue weighted by molar-refractivity contribution is -0.127. The molecular weight excluding hydrogens is 422 g/mol. The summed E-state index contributed by atoms with van der Waals surface area (Å²) in [5.41, 5.74) is 2.64. The highest BCUT2D eigenvalue weighted by atomic mass is 16.6. The summed E-state index contributed by atoms with van der Waals surface area (Å²) in [6.07, 6.45) is 1.91. The van der Waals surface area contributed by atoms with Gasteiger partial charge < -0.3 is 23.9 Å². The van der Waals surface area contributed by atoms with Gasteiger partial charge in [0.15, 0.2) is 23.0 Å². The van der Waals surface area contributed by atoms with Crippen LogP contribution in [0.1, 0.15) is 35.8 Å². The number of methoxy groups -OCH3 is 1. The maximum Gasteiger partial charge on any atom is 0.223 e. The van der Waals surface area contributed by atoms with Gasteiger partial charge in [-0.2, -0.15) is 5.26 Å². The monoisotopic (exact) mass is 447 g/mol. The minimum absolute atomic E-state index is 0.0119. The zero-order chi connectivity index (χ0) is 22.8. The molecule has 2 aliphatic rings. The van der Waals surface area contributed by atoms with Gasteiger partial charge in [0, 0.05) is 31.2 Å². The molecular formula is C25H25N3O5. The summed E-state index contributed by atoms with van der Waals surface area (Å²) in [6, 6.07) is 13.3. The van der Waals surface area contributed by atoms with Crippen molar-refractivity contribution in [3.8, 4) is 17.6 Å². The van der Waals surface area contributed by atoms with Crippen molar-refractivity contribution >= 4 is 17.0 Å². The summed E-state index contributed by atoms with van der Waals surface area (Å²) in [7, 11) is 1.63. The molecule has 3 atom stereocenters. The van der Waals surface area contributed by atoms with Gasteiger partial charge in [-0.3, -0.25) is 4.79 Å². The van der Waals surface area contributed by atoms with Crippen molar-refractivity contribution in [3.63, 3.8) is 0 Å². The number of carbonyl (C=O) groups is 1. The molecule has 0 bridgehead atoms. The molecule has 3 aromatic rings. The summed E-state index contributed by atoms with van der Waals surface area (Å²) >= 11 is 0. The van der Waals surface area contributed by atoms with Crippen LogP contribution in [0.4, 0.5) is 0 Å². The molecule has 8 nitrogen and oxygen atoms in total. The van der Waals surface area contributed by atoms with Crippen LogP contribution < -0.4 is 14.8 Å². The number of aromatic nitrogens is 1. The number of hydrogen-bond acceptors (Lipinski definition) is 7. The number of piperidine rings is 1. The fraction of sp³-hybridized carbons (Fsp3) is 0.400. The van der Waals surface area contributed by atoms with Gasteiger partial charge in [0.25, 0.3) is 0 Å². The zero-order valence-corrected chi connectivity index (χ0v) is 18.4. The average molecular weight is 447 g/mol. The number of amides is 1. The predicted octanol–water partition coefficient (Wildman–Crippen LogP) is 3.34. The highest BCUT2D eigenvalue weighted by molar-refractivity contribution is 5.81. The first kappa shape index (κ1) is 21.3. The summed E-state index contributed by atoms with van der Waals surface area (Å²) in [5.74, 6) is 1.68. The largest absolute Gasteiger partial charge is 0.493 e. The second-order valence-electron chi connectivity index (χ2n) is 8.46. The molecule has 0 aliphatic carbocycles. The maximum atomic E-state index is 12.6. The molecule has 8 heteroatoms. The summed E-state index contributed by atoms with van der Waals surface area (Å²) in [6.45, 7) is 1.83. The molecule has 2 saturated heterocycles. The van der Waals surface area contributed by atoms with Crippen molar-refractivity contribution in [2.45, 2.75) is 31.3 Å². The third kappa shape index (κ3) is 4.37. The summed E-state index contributed by atoms with van der Waals surface area (Å²) < 4.78 is 22.9. The normalized spacial score (nSPS) is 22.7. The molecule has 0 spiro atoms. The molecule has 1 amide bonds. The van der Waals surface area contributed by atoms with Crippen molar-refractivity contribution in [3.05, 3.63) is 53.4 Å². The number of rotatable bonds is 6. The molecule has 2 aromatic carbocycles. The number of nitrogens with one attached hydrogen (secondary N) is 1. The number of fused-ring (bicyclic) bond motifs is 1. The van der Waals surface area contributed by atoms with E-state index in [1.165, 1.54) is 0 Å². The smallest absolute Gasteiger partial charge is 0.223 e. The predicted molar refractivity (Wildman–Crippen MR) is 119 cm³/mol. The van der Waals surface area contributed by atoms with Crippen molar-refractivity contribution < 1.29 is 23.4 Å². The van der Waals surface area contributed by atoms with Crippen LogP contribution in [0.3, 0.4) is 0 Å². The Morgan fingerprint density at radius 1 is 1.27 bits per heavy atom. The molecule has 1 N–H and O–H groups in total. The van der Waals surface area contributed by atoms with Crippen LogP contribution in [0.15, 0.2) is 40.8 Å². The van der Waals surface area contributed by atoms with Gasteiger partial charge in [0.1, 0.15) is 17.7 Å². The molecule has 2 aliphatic heterocycles. The first-order chi connectivity index (χ1) is 16.1. The van der Waals surface area contributed by atoms with Crippen LogP contribution in [-0.2, 0) is 16.0 Å². The maximum absolute atomic E-state index is 12.6. The minimum atomic E-state index is -0.281. The number of nitrogens with zero attached hydrogens (tertiary/aromatic N) is 2. The van der Waals surface area contributed by atoms with Gasteiger partial charge in [0.05, 0.1) is 25.9 Å². The van der Waals surface area contributed by atoms with E-state index in [1.807, 2.05) is 18.2 Å². The zero-order valence-electron chi connectivity index (χ0n) is 18.4. The topological polar surface area (TPSA) is 107 Å². The fourth-order valence-electron chi connectivity index (χ4n) is 4.54. The van der Waals surface area contributed by atoms with E-state index in [4.69, 9.17) is 18.6 Å². The first-order valence-electron chi connectivity index (χ1n) is 11.1. The Balaban J connectivity index is 1.34. The molecule has 5 rings (SSSR count). The van der Waals surface area contributed by atoms with Crippen LogP contribution in [0.2, 0.25) is 0 Å². The third-order valence-corrected chi connectivity index (χ3v) is 6.31. The Kier molecular flexibility index (Phi) is 5.88. The van der Waals surface area contributed by atoms with E-state index in [9.17, 15) is 10.1 Å². The van der Waals surface area contributed by atoms with Gasteiger partial charge in [-0.25, -0.2) is 4.98 Å². The summed E-state index contributed by atoms with van der Waals surface area (Å²) in [5, 5.41) is 12.3. The first-order valence-corrected chi connectivity index (χ1v) is 11.1. The second kappa shape index (κ2) is 9.12. The van der Waals surface area contributed by atoms with Crippen molar-refractivity contribution in [1.29, 1.82) is 5.26 Å². The van der Waals surface area contributed by atoms with E-state index in [0.29, 0.717) is 66.7 Å². The molecule has 0 saturated carbocycles. The number of oxazole rings is 1. The van der Waals surface area contributed by atoms with Crippen LogP contribution >= 0.6 is 0 Å². The standard InChI is InChI=1S/C25H25N3O5/c1-30-20-6-5-15(10-22(20)32-19-7-8-31-14-19)18-9-17(25(29)27-13-18)11-23-28-24-16(12-26)3-2-4-21(24)33-23/h2-6,10,17-19H,7-9,11,13-14H2,1H3,(H,27,29)/t17-,18+,19+/m0/s1. The lowest BCUT2D eigenvalue weighted by Gasteiger charge is -2.29. The van der Waals surface area contributed by atoms with Crippen LogP contribution in [0, 0.1) is 17.2 Å². The van der Waals surface area contributed by atoms with Gasteiger partial charge in [-0.05, 0) is 36.2 Å². The third-order valence-electron chi connectivity index (χ3n) is 6.31. The second-order valence-corrected chi connectivity index (χ2v) is 8.46. The van der Waals surface area contributed by atoms with Crippen LogP contribution in [0.5, 0.6) is 11.5 Å². The highest BCUT2D eigenvalue weighted by Crippen LogP contribution is 2.36. The molecule has 0 radical (unpaired) electrons. The minimum Gasteiger partial charge on any atom is -0.493 e. The van der Waals surface area contributed by atoms with E-state index < -0.39 is 0 Å². The van der Waals surface area contributed by atoms with E-state index >= 15 is 0 Å². The Labute approximate surface area is 191 Å². The Morgan fingerprint density at radius 2 is 2.18 bits per heavy atom. The van der Waals surface area contributed by atoms with Crippen molar-refractivity contribution in [1.82, 2.24) is 10.3 Å². The van der Waals surface area contributed by atoms with Crippen LogP contribution in [-0.4, -0.2) is 43.9 Å². The molecule has 2 fully saturated rings. The van der Waals surface area contributed by atoms with E-state index in [-0.39, 0.29) is 23.8 Å². The summed E-state index contributed by atoms with van der Waals surface area (Å²) in [4.78, 5) is 17.1. The van der Waals surface area contributed by atoms with Gasteiger partial charge in [0.2, 0.25) is 5.91 Å². The molecule has 3 heterocycles. The quantitative estimate of drug-likeness (QED) is 0.618. The van der Waals surface area contributed by atoms with Crippen molar-refractivity contribution in [2.75, 3.05) is 26.9 Å². The Bertz CT molecular complexity index is 1210. The van der Waals surface area contributed by atoms with Crippen molar-refractivity contribution in [2.24, 2.45) is 5.92 Å². The number of para-hydroxylation sites is 1. The van der Waals surface area contributed by atoms with Crippen LogP contribution in [0.25, 0.3) is 11.1 Å². The Morgan fingerprint density at radius 3 is 2.97 bits per heavy atom. The fourth-order valence-corrected chi connectivity index (χ4v) is 4.54. The number of nitriles is 1. The lowest BCUT2D eigenvalue weighted by atomic mass is 9.83. The van der Waals surface area contributed by atoms with Gasteiger partial charge >= 0.3 is 0 Å². The highest BCUT2D eigenvalue weighted by Gasteiger charge is 2.32. The Hall–Kier alpha value is -3.57. The van der Waals surface area contributed by atoms with E-state index in [2.05, 4.69) is 16.4 Å². The molecule has 170 valence electrons. The number of carbonyl (C=O) groups excluding carboxylic acids is 1. The molecule has 0 unspecified atom stereocenters. The molecule has 33 heavy (non-hydrogen) atoms. The van der Waals surface area contributed by atoms with Gasteiger partial charge in [-0.1, -0.05) is 12.1 Å². The van der Waals surface area contributed by atoms with E-state index in [1.54, 1.807) is 25.3 Å². The number of benzene rings is 2. The number of ether oxygens (including phenoxy) is 3. The number of hydrogen-bond donors (Lipinski definition) is 1.